The zero-order valence-corrected chi connectivity index (χ0v) is 11.3. The molecule has 1 rings (SSSR count). The van der Waals surface area contributed by atoms with Gasteiger partial charge in [-0.2, -0.15) is 0 Å². The number of aliphatic carboxylic acids is 1. The largest absolute Gasteiger partial charge is 0.480 e. The van der Waals surface area contributed by atoms with Crippen LogP contribution >= 0.6 is 0 Å². The second-order valence-corrected chi connectivity index (χ2v) is 5.97. The molecule has 0 fully saturated rings. The molecule has 1 aromatic carbocycles. The lowest BCUT2D eigenvalue weighted by Crippen LogP contribution is -2.43. The van der Waals surface area contributed by atoms with Gasteiger partial charge in [-0.25, -0.2) is 13.1 Å². The summed E-state index contributed by atoms with van der Waals surface area (Å²) in [6.07, 6.45) is 1.88. The van der Waals surface area contributed by atoms with E-state index in [0.717, 1.165) is 5.56 Å². The number of carboxylic acids is 1. The Kier molecular flexibility index (Phi) is 5.72. The van der Waals surface area contributed by atoms with E-state index in [2.05, 4.69) is 11.3 Å². The van der Waals surface area contributed by atoms with Crippen molar-refractivity contribution >= 4 is 16.0 Å². The summed E-state index contributed by atoms with van der Waals surface area (Å²) in [5.74, 6) is -1.35. The van der Waals surface area contributed by atoms with E-state index in [1.54, 1.807) is 24.3 Å². The molecule has 0 aliphatic heterocycles. The molecule has 0 saturated carbocycles. The molecule has 6 heteroatoms. The van der Waals surface area contributed by atoms with E-state index in [-0.39, 0.29) is 18.6 Å². The van der Waals surface area contributed by atoms with Gasteiger partial charge in [0.2, 0.25) is 10.0 Å². The molecule has 0 heterocycles. The number of rotatable bonds is 8. The summed E-state index contributed by atoms with van der Waals surface area (Å²) in [5.41, 5.74) is 0.765. The second kappa shape index (κ2) is 7.06. The first kappa shape index (κ1) is 15.4. The van der Waals surface area contributed by atoms with Gasteiger partial charge in [0.15, 0.2) is 0 Å². The summed E-state index contributed by atoms with van der Waals surface area (Å²) in [5, 5.41) is 9.08. The Bertz CT molecular complexity index is 525. The van der Waals surface area contributed by atoms with Crippen molar-refractivity contribution in [3.8, 4) is 0 Å². The number of allylic oxidation sites excluding steroid dienone is 1. The molecule has 104 valence electrons. The standard InChI is InChI=1S/C13H17NO4S/c1-2-3-9-19(17,18)14-12(13(15)16)10-11-7-5-4-6-8-11/h2,4-8,12,14H,1,3,9-10H2,(H,15,16)/t12-/m0/s1. The molecule has 19 heavy (non-hydrogen) atoms. The Morgan fingerprint density at radius 3 is 2.53 bits per heavy atom. The molecule has 0 unspecified atom stereocenters. The Labute approximate surface area is 113 Å². The van der Waals surface area contributed by atoms with Crippen LogP contribution in [0.2, 0.25) is 0 Å². The molecule has 0 spiro atoms. The van der Waals surface area contributed by atoms with Crippen molar-refractivity contribution in [2.75, 3.05) is 5.75 Å². The zero-order chi connectivity index (χ0) is 14.3. The van der Waals surface area contributed by atoms with Crippen molar-refractivity contribution < 1.29 is 18.3 Å². The average Bonchev–Trinajstić information content (AvgIpc) is 2.36. The lowest BCUT2D eigenvalue weighted by atomic mass is 10.1. The molecule has 0 radical (unpaired) electrons. The van der Waals surface area contributed by atoms with Crippen molar-refractivity contribution in [2.24, 2.45) is 0 Å². The molecule has 2 N–H and O–H groups in total. The van der Waals surface area contributed by atoms with Crippen LogP contribution in [0.1, 0.15) is 12.0 Å². The maximum absolute atomic E-state index is 11.7. The van der Waals surface area contributed by atoms with Crippen molar-refractivity contribution in [1.82, 2.24) is 4.72 Å². The number of benzene rings is 1. The quantitative estimate of drug-likeness (QED) is 0.702. The molecule has 0 aliphatic carbocycles. The first-order valence-electron chi connectivity index (χ1n) is 5.82. The van der Waals surface area contributed by atoms with E-state index < -0.39 is 22.0 Å². The van der Waals surface area contributed by atoms with Crippen molar-refractivity contribution in [1.29, 1.82) is 0 Å². The molecule has 0 aromatic heterocycles. The van der Waals surface area contributed by atoms with Crippen molar-refractivity contribution in [2.45, 2.75) is 18.9 Å². The lowest BCUT2D eigenvalue weighted by molar-refractivity contribution is -0.138. The van der Waals surface area contributed by atoms with Gasteiger partial charge in [0.25, 0.3) is 0 Å². The van der Waals surface area contributed by atoms with E-state index in [9.17, 15) is 13.2 Å². The zero-order valence-electron chi connectivity index (χ0n) is 10.5. The van der Waals surface area contributed by atoms with Gasteiger partial charge in [0.1, 0.15) is 6.04 Å². The number of nitrogens with one attached hydrogen (secondary N) is 1. The first-order chi connectivity index (χ1) is 8.94. The summed E-state index contributed by atoms with van der Waals surface area (Å²) >= 11 is 0. The minimum atomic E-state index is -3.61. The Morgan fingerprint density at radius 2 is 2.00 bits per heavy atom. The van der Waals surface area contributed by atoms with Crippen LogP contribution < -0.4 is 4.72 Å². The molecule has 5 nitrogen and oxygen atoms in total. The Hall–Kier alpha value is -1.66. The van der Waals surface area contributed by atoms with Gasteiger partial charge in [0.05, 0.1) is 5.75 Å². The molecule has 0 bridgehead atoms. The highest BCUT2D eigenvalue weighted by Gasteiger charge is 2.23. The van der Waals surface area contributed by atoms with E-state index in [0.29, 0.717) is 0 Å². The van der Waals surface area contributed by atoms with Crippen LogP contribution in [0.5, 0.6) is 0 Å². The van der Waals surface area contributed by atoms with Gasteiger partial charge >= 0.3 is 5.97 Å². The van der Waals surface area contributed by atoms with Crippen LogP contribution in [-0.4, -0.2) is 31.3 Å². The minimum absolute atomic E-state index is 0.115. The monoisotopic (exact) mass is 283 g/mol. The smallest absolute Gasteiger partial charge is 0.322 e. The SMILES string of the molecule is C=CCCS(=O)(=O)N[C@@H](Cc1ccccc1)C(=O)O. The predicted octanol–water partition coefficient (Wildman–Crippen LogP) is 1.18. The third kappa shape index (κ3) is 5.67. The third-order valence-corrected chi connectivity index (χ3v) is 3.91. The number of sulfonamides is 1. The van der Waals surface area contributed by atoms with Gasteiger partial charge in [-0.3, -0.25) is 4.79 Å². The van der Waals surface area contributed by atoms with Gasteiger partial charge < -0.3 is 5.11 Å². The van der Waals surface area contributed by atoms with E-state index >= 15 is 0 Å². The van der Waals surface area contributed by atoms with Crippen molar-refractivity contribution in [3.63, 3.8) is 0 Å². The molecule has 1 aromatic rings. The maximum atomic E-state index is 11.7. The lowest BCUT2D eigenvalue weighted by Gasteiger charge is -2.14. The van der Waals surface area contributed by atoms with E-state index in [1.807, 2.05) is 6.07 Å². The Morgan fingerprint density at radius 1 is 1.37 bits per heavy atom. The molecule has 1 atom stereocenters. The fraction of sp³-hybridized carbons (Fsp3) is 0.308. The van der Waals surface area contributed by atoms with Crippen LogP contribution in [0.25, 0.3) is 0 Å². The van der Waals surface area contributed by atoms with E-state index in [1.165, 1.54) is 6.08 Å². The van der Waals surface area contributed by atoms with Gasteiger partial charge in [-0.05, 0) is 18.4 Å². The van der Waals surface area contributed by atoms with Crippen LogP contribution in [-0.2, 0) is 21.2 Å². The Balaban J connectivity index is 2.74. The predicted molar refractivity (Wildman–Crippen MR) is 73.3 cm³/mol. The summed E-state index contributed by atoms with van der Waals surface area (Å²) in [4.78, 5) is 11.1. The van der Waals surface area contributed by atoms with Gasteiger partial charge in [-0.15, -0.1) is 6.58 Å². The summed E-state index contributed by atoms with van der Waals surface area (Å²) in [6, 6.07) is 7.73. The summed E-state index contributed by atoms with van der Waals surface area (Å²) < 4.78 is 25.5. The first-order valence-corrected chi connectivity index (χ1v) is 7.47. The second-order valence-electron chi connectivity index (χ2n) is 4.09. The van der Waals surface area contributed by atoms with E-state index in [4.69, 9.17) is 5.11 Å². The van der Waals surface area contributed by atoms with Crippen molar-refractivity contribution in [3.05, 3.63) is 48.6 Å². The molecule has 0 amide bonds. The highest BCUT2D eigenvalue weighted by Crippen LogP contribution is 2.05. The summed E-state index contributed by atoms with van der Waals surface area (Å²) in [6.45, 7) is 3.44. The van der Waals surface area contributed by atoms with Crippen LogP contribution in [0, 0.1) is 0 Å². The highest BCUT2D eigenvalue weighted by molar-refractivity contribution is 7.89. The summed E-state index contributed by atoms with van der Waals surface area (Å²) in [7, 11) is -3.61. The number of carboxylic acid groups (broad SMARTS) is 1. The topological polar surface area (TPSA) is 83.5 Å². The van der Waals surface area contributed by atoms with Crippen LogP contribution in [0.3, 0.4) is 0 Å². The highest BCUT2D eigenvalue weighted by atomic mass is 32.2. The average molecular weight is 283 g/mol. The minimum Gasteiger partial charge on any atom is -0.480 e. The normalized spacial score (nSPS) is 12.8. The molecular weight excluding hydrogens is 266 g/mol. The van der Waals surface area contributed by atoms with Gasteiger partial charge in [-0.1, -0.05) is 36.4 Å². The molecule has 0 saturated heterocycles. The number of hydrogen-bond donors (Lipinski definition) is 2. The van der Waals surface area contributed by atoms with Crippen LogP contribution in [0.15, 0.2) is 43.0 Å². The molecular formula is C13H17NO4S. The maximum Gasteiger partial charge on any atom is 0.322 e. The fourth-order valence-electron chi connectivity index (χ4n) is 1.54. The fourth-order valence-corrected chi connectivity index (χ4v) is 2.76. The number of hydrogen-bond acceptors (Lipinski definition) is 3. The van der Waals surface area contributed by atoms with Gasteiger partial charge in [0, 0.05) is 0 Å². The number of carbonyl (C=O) groups is 1. The third-order valence-electron chi connectivity index (χ3n) is 2.49. The molecule has 0 aliphatic rings. The van der Waals surface area contributed by atoms with Crippen LogP contribution in [0.4, 0.5) is 0 Å².